The number of aromatic hydroxyl groups is 1. The standard InChI is InChI=1S/C12H15NO3/c14-8-12(6-1-7-12)13-11(16)9-2-4-10(15)5-3-9/h2-5,14-15H,1,6-8H2,(H,13,16). The van der Waals surface area contributed by atoms with Crippen LogP contribution in [0.5, 0.6) is 5.75 Å². The Morgan fingerprint density at radius 1 is 1.31 bits per heavy atom. The first-order chi connectivity index (χ1) is 7.65. The molecule has 2 rings (SSSR count). The number of phenolic OH excluding ortho intramolecular Hbond substituents is 1. The summed E-state index contributed by atoms with van der Waals surface area (Å²) in [5, 5.41) is 21.2. The predicted molar refractivity (Wildman–Crippen MR) is 59.2 cm³/mol. The van der Waals surface area contributed by atoms with Gasteiger partial charge in [-0.1, -0.05) is 0 Å². The van der Waals surface area contributed by atoms with E-state index in [1.54, 1.807) is 12.1 Å². The van der Waals surface area contributed by atoms with Gasteiger partial charge in [0.15, 0.2) is 0 Å². The zero-order chi connectivity index (χ0) is 11.6. The number of carbonyl (C=O) groups excluding carboxylic acids is 1. The average molecular weight is 221 g/mol. The third kappa shape index (κ3) is 2.02. The van der Waals surface area contributed by atoms with Crippen molar-refractivity contribution in [3.63, 3.8) is 0 Å². The van der Waals surface area contributed by atoms with Gasteiger partial charge >= 0.3 is 0 Å². The van der Waals surface area contributed by atoms with Crippen molar-refractivity contribution in [2.75, 3.05) is 6.61 Å². The van der Waals surface area contributed by atoms with Crippen LogP contribution in [0, 0.1) is 0 Å². The van der Waals surface area contributed by atoms with Crippen LogP contribution < -0.4 is 5.32 Å². The molecule has 86 valence electrons. The molecule has 1 amide bonds. The van der Waals surface area contributed by atoms with E-state index in [9.17, 15) is 9.90 Å². The number of nitrogens with one attached hydrogen (secondary N) is 1. The predicted octanol–water partition coefficient (Wildman–Crippen LogP) is 1.04. The molecule has 0 bridgehead atoms. The molecule has 0 aromatic heterocycles. The number of hydrogen-bond donors (Lipinski definition) is 3. The van der Waals surface area contributed by atoms with Crippen molar-refractivity contribution >= 4 is 5.91 Å². The van der Waals surface area contributed by atoms with Crippen molar-refractivity contribution < 1.29 is 15.0 Å². The van der Waals surface area contributed by atoms with Crippen LogP contribution in [0.4, 0.5) is 0 Å². The lowest BCUT2D eigenvalue weighted by molar-refractivity contribution is 0.0641. The first-order valence-electron chi connectivity index (χ1n) is 5.38. The molecule has 1 saturated carbocycles. The van der Waals surface area contributed by atoms with E-state index >= 15 is 0 Å². The third-order valence-corrected chi connectivity index (χ3v) is 3.12. The van der Waals surface area contributed by atoms with E-state index in [2.05, 4.69) is 5.32 Å². The fourth-order valence-electron chi connectivity index (χ4n) is 1.85. The SMILES string of the molecule is O=C(NC1(CO)CCC1)c1ccc(O)cc1. The van der Waals surface area contributed by atoms with Crippen LogP contribution in [0.25, 0.3) is 0 Å². The highest BCUT2D eigenvalue weighted by molar-refractivity contribution is 5.94. The van der Waals surface area contributed by atoms with Gasteiger partial charge in [-0.3, -0.25) is 4.79 Å². The third-order valence-electron chi connectivity index (χ3n) is 3.12. The highest BCUT2D eigenvalue weighted by Crippen LogP contribution is 2.31. The molecule has 1 fully saturated rings. The van der Waals surface area contributed by atoms with E-state index < -0.39 is 5.54 Å². The first-order valence-corrected chi connectivity index (χ1v) is 5.38. The van der Waals surface area contributed by atoms with Crippen LogP contribution >= 0.6 is 0 Å². The smallest absolute Gasteiger partial charge is 0.251 e. The Morgan fingerprint density at radius 2 is 1.94 bits per heavy atom. The van der Waals surface area contributed by atoms with Gasteiger partial charge in [0.05, 0.1) is 12.1 Å². The fraction of sp³-hybridized carbons (Fsp3) is 0.417. The van der Waals surface area contributed by atoms with Crippen molar-refractivity contribution in [1.82, 2.24) is 5.32 Å². The van der Waals surface area contributed by atoms with Gasteiger partial charge in [0, 0.05) is 5.56 Å². The number of benzene rings is 1. The summed E-state index contributed by atoms with van der Waals surface area (Å²) in [4.78, 5) is 11.8. The quantitative estimate of drug-likeness (QED) is 0.714. The molecule has 1 aromatic rings. The second-order valence-electron chi connectivity index (χ2n) is 4.29. The number of hydrogen-bond acceptors (Lipinski definition) is 3. The van der Waals surface area contributed by atoms with Gasteiger partial charge in [-0.15, -0.1) is 0 Å². The Kier molecular flexibility index (Phi) is 2.83. The van der Waals surface area contributed by atoms with Crippen molar-refractivity contribution in [2.45, 2.75) is 24.8 Å². The molecule has 0 radical (unpaired) electrons. The molecule has 0 heterocycles. The van der Waals surface area contributed by atoms with E-state index in [1.807, 2.05) is 0 Å². The molecule has 4 nitrogen and oxygen atoms in total. The first kappa shape index (κ1) is 11.0. The second kappa shape index (κ2) is 4.14. The Hall–Kier alpha value is -1.55. The maximum Gasteiger partial charge on any atom is 0.251 e. The minimum Gasteiger partial charge on any atom is -0.508 e. The lowest BCUT2D eigenvalue weighted by Crippen LogP contribution is -2.56. The summed E-state index contributed by atoms with van der Waals surface area (Å²) in [6, 6.07) is 6.07. The summed E-state index contributed by atoms with van der Waals surface area (Å²) in [5.41, 5.74) is 0.0761. The minimum atomic E-state index is -0.422. The van der Waals surface area contributed by atoms with Crippen LogP contribution in [0.2, 0.25) is 0 Å². The van der Waals surface area contributed by atoms with Gasteiger partial charge in [-0.25, -0.2) is 0 Å². The van der Waals surface area contributed by atoms with E-state index in [0.29, 0.717) is 5.56 Å². The van der Waals surface area contributed by atoms with E-state index in [-0.39, 0.29) is 18.3 Å². The number of aliphatic hydroxyl groups excluding tert-OH is 1. The molecule has 3 N–H and O–H groups in total. The normalized spacial score (nSPS) is 17.6. The Morgan fingerprint density at radius 3 is 2.38 bits per heavy atom. The maximum absolute atomic E-state index is 11.8. The van der Waals surface area contributed by atoms with Gasteiger partial charge in [-0.05, 0) is 43.5 Å². The van der Waals surface area contributed by atoms with Gasteiger partial charge < -0.3 is 15.5 Å². The maximum atomic E-state index is 11.8. The largest absolute Gasteiger partial charge is 0.508 e. The summed E-state index contributed by atoms with van der Waals surface area (Å²) in [5.74, 6) is -0.0641. The van der Waals surface area contributed by atoms with Crippen molar-refractivity contribution in [3.8, 4) is 5.75 Å². The van der Waals surface area contributed by atoms with E-state index in [0.717, 1.165) is 19.3 Å². The summed E-state index contributed by atoms with van der Waals surface area (Å²) < 4.78 is 0. The zero-order valence-corrected chi connectivity index (χ0v) is 8.94. The molecule has 1 aliphatic rings. The number of aliphatic hydroxyl groups is 1. The van der Waals surface area contributed by atoms with Gasteiger partial charge in [0.1, 0.15) is 5.75 Å². The van der Waals surface area contributed by atoms with Gasteiger partial charge in [0.25, 0.3) is 5.91 Å². The molecule has 0 aliphatic heterocycles. The molecule has 16 heavy (non-hydrogen) atoms. The Labute approximate surface area is 93.9 Å². The van der Waals surface area contributed by atoms with Crippen molar-refractivity contribution in [1.29, 1.82) is 0 Å². The molecule has 0 atom stereocenters. The molecule has 0 saturated heterocycles. The molecule has 1 aliphatic carbocycles. The molecule has 0 unspecified atom stereocenters. The molecular weight excluding hydrogens is 206 g/mol. The number of amides is 1. The van der Waals surface area contributed by atoms with Crippen LogP contribution in [0.1, 0.15) is 29.6 Å². The van der Waals surface area contributed by atoms with E-state index in [1.165, 1.54) is 12.1 Å². The highest BCUT2D eigenvalue weighted by atomic mass is 16.3. The van der Waals surface area contributed by atoms with E-state index in [4.69, 9.17) is 5.11 Å². The number of carbonyl (C=O) groups is 1. The second-order valence-corrected chi connectivity index (χ2v) is 4.29. The monoisotopic (exact) mass is 221 g/mol. The van der Waals surface area contributed by atoms with Crippen molar-refractivity contribution in [3.05, 3.63) is 29.8 Å². The summed E-state index contributed by atoms with van der Waals surface area (Å²) in [6.07, 6.45) is 2.69. The highest BCUT2D eigenvalue weighted by Gasteiger charge is 2.37. The minimum absolute atomic E-state index is 0.0170. The number of rotatable bonds is 3. The topological polar surface area (TPSA) is 69.6 Å². The average Bonchev–Trinajstić information content (AvgIpc) is 2.24. The van der Waals surface area contributed by atoms with Crippen LogP contribution in [-0.2, 0) is 0 Å². The Bertz CT molecular complexity index is 376. The molecule has 1 aromatic carbocycles. The van der Waals surface area contributed by atoms with Crippen LogP contribution in [0.3, 0.4) is 0 Å². The van der Waals surface area contributed by atoms with Gasteiger partial charge in [-0.2, -0.15) is 0 Å². The summed E-state index contributed by atoms with van der Waals surface area (Å²) in [7, 11) is 0. The van der Waals surface area contributed by atoms with Crippen molar-refractivity contribution in [2.24, 2.45) is 0 Å². The Balaban J connectivity index is 2.05. The van der Waals surface area contributed by atoms with Crippen LogP contribution in [0.15, 0.2) is 24.3 Å². The lowest BCUT2D eigenvalue weighted by atomic mass is 9.77. The van der Waals surface area contributed by atoms with Gasteiger partial charge in [0.2, 0.25) is 0 Å². The summed E-state index contributed by atoms with van der Waals surface area (Å²) in [6.45, 7) is -0.0170. The number of phenols is 1. The summed E-state index contributed by atoms with van der Waals surface area (Å²) >= 11 is 0. The van der Waals surface area contributed by atoms with Crippen LogP contribution in [-0.4, -0.2) is 28.3 Å². The molecule has 4 heteroatoms. The molecular formula is C12H15NO3. The fourth-order valence-corrected chi connectivity index (χ4v) is 1.85. The molecule has 0 spiro atoms. The lowest BCUT2D eigenvalue weighted by Gasteiger charge is -2.40. The zero-order valence-electron chi connectivity index (χ0n) is 8.94.